The Morgan fingerprint density at radius 2 is 1.89 bits per heavy atom. The molecule has 0 aliphatic heterocycles. The first-order chi connectivity index (χ1) is 4.04. The van der Waals surface area contributed by atoms with Crippen LogP contribution in [0.3, 0.4) is 0 Å². The molecule has 0 aromatic carbocycles. The summed E-state index contributed by atoms with van der Waals surface area (Å²) in [5, 5.41) is 0. The molecule has 0 saturated carbocycles. The predicted molar refractivity (Wildman–Crippen MR) is 37.1 cm³/mol. The molecule has 1 amide bonds. The second-order valence-corrected chi connectivity index (χ2v) is 2.52. The lowest BCUT2D eigenvalue weighted by molar-refractivity contribution is -0.123. The van der Waals surface area contributed by atoms with Crippen molar-refractivity contribution in [3.05, 3.63) is 0 Å². The van der Waals surface area contributed by atoms with Crippen molar-refractivity contribution in [1.29, 1.82) is 0 Å². The molecule has 0 unspecified atom stereocenters. The smallest absolute Gasteiger partial charge is 0.255 e. The highest BCUT2D eigenvalue weighted by Gasteiger charge is 2.25. The number of carbonyl (C=O) groups is 1. The third kappa shape index (κ3) is 2.39. The number of halogens is 2. The second-order valence-electron chi connectivity index (χ2n) is 2.14. The predicted octanol–water partition coefficient (Wildman–Crippen LogP) is 0.778. The maximum Gasteiger partial charge on any atom is 0.255 e. The Balaban J connectivity index is 3.97. The summed E-state index contributed by atoms with van der Waals surface area (Å²) >= 11 is 10.2. The van der Waals surface area contributed by atoms with Crippen LogP contribution in [0.5, 0.6) is 0 Å². The van der Waals surface area contributed by atoms with E-state index in [4.69, 9.17) is 23.6 Å². The van der Waals surface area contributed by atoms with Crippen LogP contribution in [0, 0.1) is 0 Å². The fourth-order valence-electron chi connectivity index (χ4n) is 0.161. The van der Waals surface area contributed by atoms with Crippen molar-refractivity contribution in [2.45, 2.75) is 19.4 Å². The average Bonchev–Trinajstić information content (AvgIpc) is 1.86. The molecule has 3 nitrogen and oxygen atoms in total. The molecule has 54 valence electrons. The van der Waals surface area contributed by atoms with E-state index in [1.54, 1.807) is 13.8 Å². The number of hydrogen-bond acceptors (Lipinski definition) is 2. The summed E-state index contributed by atoms with van der Waals surface area (Å²) in [6, 6.07) is 0. The molecule has 0 radical (unpaired) electrons. The zero-order valence-corrected chi connectivity index (χ0v) is 6.68. The topological polar surface area (TPSA) is 41.1 Å². The Morgan fingerprint density at radius 3 is 2.00 bits per heavy atom. The SMILES string of the molecule is CC(C)(NCl)C(=O)NCl. The zero-order chi connectivity index (χ0) is 7.49. The Bertz CT molecular complexity index is 115. The Kier molecular flexibility index (Phi) is 3.25. The van der Waals surface area contributed by atoms with Gasteiger partial charge < -0.3 is 0 Å². The molecule has 0 aromatic heterocycles. The van der Waals surface area contributed by atoms with E-state index >= 15 is 0 Å². The first-order valence-corrected chi connectivity index (χ1v) is 3.09. The van der Waals surface area contributed by atoms with Gasteiger partial charge in [-0.1, -0.05) is 0 Å². The van der Waals surface area contributed by atoms with E-state index in [2.05, 4.69) is 4.84 Å². The number of nitrogens with one attached hydrogen (secondary N) is 2. The van der Waals surface area contributed by atoms with Crippen molar-refractivity contribution in [2.24, 2.45) is 0 Å². The Labute approximate surface area is 63.9 Å². The van der Waals surface area contributed by atoms with E-state index < -0.39 is 5.54 Å². The third-order valence-corrected chi connectivity index (χ3v) is 1.53. The first kappa shape index (κ1) is 9.01. The van der Waals surface area contributed by atoms with Gasteiger partial charge in [-0.3, -0.25) is 9.63 Å². The van der Waals surface area contributed by atoms with Crippen molar-refractivity contribution < 1.29 is 4.79 Å². The van der Waals surface area contributed by atoms with E-state index in [1.165, 1.54) is 0 Å². The normalized spacial score (nSPS) is 11.1. The second kappa shape index (κ2) is 3.25. The molecule has 0 rings (SSSR count). The van der Waals surface area contributed by atoms with Gasteiger partial charge in [-0.25, -0.2) is 4.84 Å². The largest absolute Gasteiger partial charge is 0.272 e. The molecule has 0 aliphatic rings. The molecular weight excluding hydrogens is 163 g/mol. The van der Waals surface area contributed by atoms with Crippen LogP contribution in [0.1, 0.15) is 13.8 Å². The standard InChI is InChI=1S/C4H8Cl2N2O/c1-4(2,8-6)3(9)7-5/h8H,1-2H3,(H,7,9). The molecule has 0 aromatic rings. The minimum atomic E-state index is -0.816. The van der Waals surface area contributed by atoms with Crippen molar-refractivity contribution >= 4 is 29.5 Å². The van der Waals surface area contributed by atoms with Gasteiger partial charge in [0.05, 0.1) is 0 Å². The van der Waals surface area contributed by atoms with Crippen molar-refractivity contribution in [2.75, 3.05) is 0 Å². The van der Waals surface area contributed by atoms with Gasteiger partial charge in [0.25, 0.3) is 5.91 Å². The minimum absolute atomic E-state index is 0.362. The van der Waals surface area contributed by atoms with Crippen molar-refractivity contribution in [3.8, 4) is 0 Å². The van der Waals surface area contributed by atoms with E-state index in [0.29, 0.717) is 0 Å². The Morgan fingerprint density at radius 1 is 1.44 bits per heavy atom. The highest BCUT2D eigenvalue weighted by atomic mass is 35.5. The number of hydrogen-bond donors (Lipinski definition) is 2. The van der Waals surface area contributed by atoms with Crippen LogP contribution in [-0.2, 0) is 4.79 Å². The summed E-state index contributed by atoms with van der Waals surface area (Å²) in [6.45, 7) is 3.22. The summed E-state index contributed by atoms with van der Waals surface area (Å²) in [4.78, 5) is 14.9. The molecule has 0 aliphatic carbocycles. The van der Waals surface area contributed by atoms with Crippen molar-refractivity contribution in [3.63, 3.8) is 0 Å². The summed E-state index contributed by atoms with van der Waals surface area (Å²) in [7, 11) is 0. The van der Waals surface area contributed by atoms with Gasteiger partial charge in [0.1, 0.15) is 5.54 Å². The lowest BCUT2D eigenvalue weighted by Gasteiger charge is -2.17. The van der Waals surface area contributed by atoms with Gasteiger partial charge in [0.15, 0.2) is 0 Å². The summed E-state index contributed by atoms with van der Waals surface area (Å²) in [5.74, 6) is -0.362. The van der Waals surface area contributed by atoms with Crippen LogP contribution in [-0.4, -0.2) is 11.4 Å². The van der Waals surface area contributed by atoms with Crippen LogP contribution in [0.25, 0.3) is 0 Å². The van der Waals surface area contributed by atoms with Crippen molar-refractivity contribution in [1.82, 2.24) is 9.67 Å². The van der Waals surface area contributed by atoms with Gasteiger partial charge >= 0.3 is 0 Å². The van der Waals surface area contributed by atoms with E-state index in [-0.39, 0.29) is 5.91 Å². The van der Waals surface area contributed by atoms with E-state index in [9.17, 15) is 4.79 Å². The van der Waals surface area contributed by atoms with Crippen LogP contribution in [0.15, 0.2) is 0 Å². The molecule has 0 bridgehead atoms. The molecule has 0 spiro atoms. The molecule has 0 saturated heterocycles. The van der Waals surface area contributed by atoms with E-state index in [1.807, 2.05) is 4.84 Å². The minimum Gasteiger partial charge on any atom is -0.272 e. The number of amides is 1. The lowest BCUT2D eigenvalue weighted by atomic mass is 10.1. The summed E-state index contributed by atoms with van der Waals surface area (Å²) in [5.41, 5.74) is -0.816. The average molecular weight is 171 g/mol. The zero-order valence-electron chi connectivity index (χ0n) is 5.16. The molecule has 0 atom stereocenters. The quantitative estimate of drug-likeness (QED) is 0.602. The van der Waals surface area contributed by atoms with Gasteiger partial charge in [-0.05, 0) is 25.6 Å². The fourth-order valence-corrected chi connectivity index (χ4v) is 0.483. The van der Waals surface area contributed by atoms with Crippen LogP contribution >= 0.6 is 23.6 Å². The third-order valence-electron chi connectivity index (χ3n) is 0.890. The van der Waals surface area contributed by atoms with Crippen LogP contribution in [0.2, 0.25) is 0 Å². The Hall–Kier alpha value is 0.01000. The van der Waals surface area contributed by atoms with Gasteiger partial charge in [0, 0.05) is 11.8 Å². The monoisotopic (exact) mass is 170 g/mol. The molecular formula is C4H8Cl2N2O. The molecule has 0 fully saturated rings. The maximum absolute atomic E-state index is 10.7. The fraction of sp³-hybridized carbons (Fsp3) is 0.750. The molecule has 0 heterocycles. The summed E-state index contributed by atoms with van der Waals surface area (Å²) < 4.78 is 0. The van der Waals surface area contributed by atoms with Crippen LogP contribution in [0.4, 0.5) is 0 Å². The van der Waals surface area contributed by atoms with Gasteiger partial charge in [-0.2, -0.15) is 0 Å². The van der Waals surface area contributed by atoms with Gasteiger partial charge in [0.2, 0.25) is 0 Å². The number of rotatable bonds is 2. The van der Waals surface area contributed by atoms with Crippen LogP contribution < -0.4 is 9.67 Å². The summed E-state index contributed by atoms with van der Waals surface area (Å²) in [6.07, 6.45) is 0. The molecule has 5 heteroatoms. The van der Waals surface area contributed by atoms with Gasteiger partial charge in [-0.15, -0.1) is 0 Å². The first-order valence-electron chi connectivity index (χ1n) is 2.33. The lowest BCUT2D eigenvalue weighted by Crippen LogP contribution is -2.46. The molecule has 9 heavy (non-hydrogen) atoms. The highest BCUT2D eigenvalue weighted by molar-refractivity contribution is 6.24. The number of carbonyl (C=O) groups excluding carboxylic acids is 1. The molecule has 2 N–H and O–H groups in total. The van der Waals surface area contributed by atoms with E-state index in [0.717, 1.165) is 0 Å². The highest BCUT2D eigenvalue weighted by Crippen LogP contribution is 2.02. The maximum atomic E-state index is 10.7.